The minimum absolute atomic E-state index is 0.0225. The van der Waals surface area contributed by atoms with E-state index in [2.05, 4.69) is 17.2 Å². The van der Waals surface area contributed by atoms with Crippen LogP contribution in [0.15, 0.2) is 36.7 Å². The quantitative estimate of drug-likeness (QED) is 0.865. The smallest absolute Gasteiger partial charge is 0.407 e. The van der Waals surface area contributed by atoms with Gasteiger partial charge in [-0.3, -0.25) is 0 Å². The van der Waals surface area contributed by atoms with Gasteiger partial charge in [0.1, 0.15) is 18.0 Å². The van der Waals surface area contributed by atoms with Gasteiger partial charge < -0.3 is 20.1 Å². The zero-order chi connectivity index (χ0) is 17.7. The van der Waals surface area contributed by atoms with Gasteiger partial charge in [-0.05, 0) is 44.5 Å². The number of nitrogens with one attached hydrogen (secondary N) is 2. The van der Waals surface area contributed by atoms with E-state index < -0.39 is 11.7 Å². The van der Waals surface area contributed by atoms with E-state index in [4.69, 9.17) is 9.47 Å². The van der Waals surface area contributed by atoms with Crippen molar-refractivity contribution in [3.05, 3.63) is 47.8 Å². The molecule has 1 aromatic carbocycles. The summed E-state index contributed by atoms with van der Waals surface area (Å²) in [6.07, 6.45) is -0.155. The van der Waals surface area contributed by atoms with E-state index in [0.717, 1.165) is 16.8 Å². The lowest BCUT2D eigenvalue weighted by molar-refractivity contribution is 0.0531. The van der Waals surface area contributed by atoms with Crippen molar-refractivity contribution in [1.29, 1.82) is 0 Å². The summed E-state index contributed by atoms with van der Waals surface area (Å²) in [4.78, 5) is 11.6. The highest BCUT2D eigenvalue weighted by atomic mass is 19.1. The lowest BCUT2D eigenvalue weighted by Gasteiger charge is -2.20. The molecule has 0 fully saturated rings. The second-order valence-electron chi connectivity index (χ2n) is 6.56. The number of carbonyl (C=O) groups is 1. The van der Waals surface area contributed by atoms with Crippen molar-refractivity contribution < 1.29 is 18.7 Å². The van der Waals surface area contributed by atoms with Crippen LogP contribution in [-0.4, -0.2) is 24.8 Å². The first-order chi connectivity index (χ1) is 11.3. The van der Waals surface area contributed by atoms with Crippen molar-refractivity contribution >= 4 is 11.8 Å². The van der Waals surface area contributed by atoms with Crippen molar-refractivity contribution in [3.8, 4) is 5.75 Å². The van der Waals surface area contributed by atoms with Crippen LogP contribution in [0.1, 0.15) is 31.9 Å². The zero-order valence-electron chi connectivity index (χ0n) is 14.2. The second kappa shape index (κ2) is 7.38. The highest BCUT2D eigenvalue weighted by Gasteiger charge is 2.17. The fraction of sp³-hybridized carbons (Fsp3) is 0.389. The molecule has 2 N–H and O–H groups in total. The molecule has 0 aliphatic carbocycles. The first kappa shape index (κ1) is 17.8. The largest absolute Gasteiger partial charge is 0.489 e. The van der Waals surface area contributed by atoms with Gasteiger partial charge in [-0.2, -0.15) is 0 Å². The standard InChI is InChI=1S/C18H23FN2O3/c1-12-16-6-5-15(7-14(16)10-20-12)23-11-13(8-19)9-21-17(22)24-18(2,3)4/h5-8,20H,1,9-11H2,2-4H3,(H,21,22)/b13-8+. The first-order valence-electron chi connectivity index (χ1n) is 7.72. The van der Waals surface area contributed by atoms with Crippen LogP contribution in [0, 0.1) is 0 Å². The summed E-state index contributed by atoms with van der Waals surface area (Å²) in [7, 11) is 0. The van der Waals surface area contributed by atoms with Crippen molar-refractivity contribution in [3.63, 3.8) is 0 Å². The van der Waals surface area contributed by atoms with Crippen molar-refractivity contribution in [2.45, 2.75) is 32.9 Å². The molecule has 0 saturated heterocycles. The van der Waals surface area contributed by atoms with E-state index in [1.807, 2.05) is 18.2 Å². The second-order valence-corrected chi connectivity index (χ2v) is 6.56. The summed E-state index contributed by atoms with van der Waals surface area (Å²) in [5, 5.41) is 5.66. The Hall–Kier alpha value is -2.50. The summed E-state index contributed by atoms with van der Waals surface area (Å²) in [5.74, 6) is 0.641. The van der Waals surface area contributed by atoms with Crippen molar-refractivity contribution in [1.82, 2.24) is 10.6 Å². The van der Waals surface area contributed by atoms with Gasteiger partial charge in [0.2, 0.25) is 0 Å². The maximum atomic E-state index is 13.0. The highest BCUT2D eigenvalue weighted by molar-refractivity contribution is 5.69. The summed E-state index contributed by atoms with van der Waals surface area (Å²) in [6.45, 7) is 9.97. The molecule has 0 aromatic heterocycles. The van der Waals surface area contributed by atoms with E-state index in [-0.39, 0.29) is 13.2 Å². The molecule has 0 bridgehead atoms. The molecule has 1 heterocycles. The number of ether oxygens (including phenoxy) is 2. The molecule has 0 radical (unpaired) electrons. The SMILES string of the molecule is C=C1NCc2cc(OC/C(=C/F)CNC(=O)OC(C)(C)C)ccc21. The van der Waals surface area contributed by atoms with E-state index in [9.17, 15) is 9.18 Å². The van der Waals surface area contributed by atoms with Gasteiger partial charge in [0, 0.05) is 29.9 Å². The Bertz CT molecular complexity index is 663. The van der Waals surface area contributed by atoms with Gasteiger partial charge in [0.25, 0.3) is 0 Å². The van der Waals surface area contributed by atoms with Crippen LogP contribution in [0.3, 0.4) is 0 Å². The van der Waals surface area contributed by atoms with Crippen LogP contribution in [0.5, 0.6) is 5.75 Å². The molecule has 6 heteroatoms. The predicted octanol–water partition coefficient (Wildman–Crippen LogP) is 3.52. The molecule has 0 atom stereocenters. The molecule has 130 valence electrons. The predicted molar refractivity (Wildman–Crippen MR) is 91.2 cm³/mol. The third-order valence-corrected chi connectivity index (χ3v) is 3.33. The van der Waals surface area contributed by atoms with Gasteiger partial charge >= 0.3 is 6.09 Å². The van der Waals surface area contributed by atoms with Crippen LogP contribution >= 0.6 is 0 Å². The molecule has 1 aromatic rings. The molecule has 1 aliphatic rings. The Morgan fingerprint density at radius 1 is 1.46 bits per heavy atom. The number of carbonyl (C=O) groups excluding carboxylic acids is 1. The number of benzene rings is 1. The molecule has 0 spiro atoms. The topological polar surface area (TPSA) is 59.6 Å². The van der Waals surface area contributed by atoms with Crippen molar-refractivity contribution in [2.24, 2.45) is 0 Å². The monoisotopic (exact) mass is 334 g/mol. The third-order valence-electron chi connectivity index (χ3n) is 3.33. The van der Waals surface area contributed by atoms with Crippen molar-refractivity contribution in [2.75, 3.05) is 13.2 Å². The molecule has 1 amide bonds. The Morgan fingerprint density at radius 3 is 2.88 bits per heavy atom. The van der Waals surface area contributed by atoms with Gasteiger partial charge in [-0.1, -0.05) is 6.58 Å². The summed E-state index contributed by atoms with van der Waals surface area (Å²) in [5.41, 5.74) is 2.76. The van der Waals surface area contributed by atoms with Gasteiger partial charge in [-0.25, -0.2) is 9.18 Å². The molecule has 0 saturated carbocycles. The fourth-order valence-electron chi connectivity index (χ4n) is 2.19. The fourth-order valence-corrected chi connectivity index (χ4v) is 2.19. The van der Waals surface area contributed by atoms with E-state index >= 15 is 0 Å². The van der Waals surface area contributed by atoms with Crippen LogP contribution in [0.25, 0.3) is 5.70 Å². The number of hydrogen-bond acceptors (Lipinski definition) is 4. The number of halogens is 1. The van der Waals surface area contributed by atoms with E-state index in [0.29, 0.717) is 24.2 Å². The number of hydrogen-bond donors (Lipinski definition) is 2. The number of rotatable bonds is 5. The normalized spacial score (nSPS) is 14.0. The lowest BCUT2D eigenvalue weighted by atomic mass is 10.1. The molecule has 24 heavy (non-hydrogen) atoms. The van der Waals surface area contributed by atoms with Crippen LogP contribution in [0.4, 0.5) is 9.18 Å². The molecular weight excluding hydrogens is 311 g/mol. The highest BCUT2D eigenvalue weighted by Crippen LogP contribution is 2.27. The van der Waals surface area contributed by atoms with Crippen LogP contribution in [-0.2, 0) is 11.3 Å². The number of alkyl carbamates (subject to hydrolysis) is 1. The average molecular weight is 334 g/mol. The van der Waals surface area contributed by atoms with Crippen LogP contribution < -0.4 is 15.4 Å². The minimum atomic E-state index is -0.595. The summed E-state index contributed by atoms with van der Waals surface area (Å²) < 4.78 is 23.7. The molecule has 1 aliphatic heterocycles. The maximum Gasteiger partial charge on any atom is 0.407 e. The number of fused-ring (bicyclic) bond motifs is 1. The molecular formula is C18H23FN2O3. The zero-order valence-corrected chi connectivity index (χ0v) is 14.2. The lowest BCUT2D eigenvalue weighted by Crippen LogP contribution is -2.34. The molecule has 5 nitrogen and oxygen atoms in total. The van der Waals surface area contributed by atoms with Gasteiger partial charge in [0.05, 0.1) is 6.33 Å². The Balaban J connectivity index is 1.84. The first-order valence-corrected chi connectivity index (χ1v) is 7.72. The Morgan fingerprint density at radius 2 is 2.21 bits per heavy atom. The van der Waals surface area contributed by atoms with E-state index in [1.54, 1.807) is 20.8 Å². The van der Waals surface area contributed by atoms with Gasteiger partial charge in [0.15, 0.2) is 0 Å². The van der Waals surface area contributed by atoms with Gasteiger partial charge in [-0.15, -0.1) is 0 Å². The Kier molecular flexibility index (Phi) is 5.49. The summed E-state index contributed by atoms with van der Waals surface area (Å²) in [6, 6.07) is 5.64. The summed E-state index contributed by atoms with van der Waals surface area (Å²) >= 11 is 0. The average Bonchev–Trinajstić information content (AvgIpc) is 2.86. The molecule has 2 rings (SSSR count). The molecule has 0 unspecified atom stereocenters. The third kappa shape index (κ3) is 5.01. The van der Waals surface area contributed by atoms with E-state index in [1.165, 1.54) is 0 Å². The minimum Gasteiger partial charge on any atom is -0.489 e. The Labute approximate surface area is 141 Å². The maximum absolute atomic E-state index is 13.0. The van der Waals surface area contributed by atoms with Crippen LogP contribution in [0.2, 0.25) is 0 Å². The number of amides is 1.